The minimum absolute atomic E-state index is 0.335. The van der Waals surface area contributed by atoms with Crippen molar-refractivity contribution in [3.8, 4) is 5.88 Å². The number of ether oxygens (including phenoxy) is 2. The Kier molecular flexibility index (Phi) is 4.78. The van der Waals surface area contributed by atoms with E-state index < -0.39 is 0 Å². The summed E-state index contributed by atoms with van der Waals surface area (Å²) >= 11 is 0. The van der Waals surface area contributed by atoms with Gasteiger partial charge in [-0.05, 0) is 25.5 Å². The highest BCUT2D eigenvalue weighted by molar-refractivity contribution is 5.52. The topological polar surface area (TPSA) is 55.4 Å². The van der Waals surface area contributed by atoms with E-state index in [1.165, 1.54) is 0 Å². The molecule has 0 saturated carbocycles. The van der Waals surface area contributed by atoms with Gasteiger partial charge in [-0.3, -0.25) is 0 Å². The molecule has 0 aliphatic carbocycles. The maximum Gasteiger partial charge on any atom is 0.237 e. The van der Waals surface area contributed by atoms with Crippen molar-refractivity contribution in [2.75, 3.05) is 32.2 Å². The summed E-state index contributed by atoms with van der Waals surface area (Å²) in [4.78, 5) is 4.17. The molecule has 1 aliphatic heterocycles. The van der Waals surface area contributed by atoms with Crippen molar-refractivity contribution >= 4 is 5.69 Å². The number of methoxy groups -OCH3 is 1. The Bertz CT molecular complexity index is 367. The van der Waals surface area contributed by atoms with Crippen LogP contribution in [0, 0.1) is 0 Å². The number of nitrogens with zero attached hydrogens (tertiary/aromatic N) is 1. The van der Waals surface area contributed by atoms with Crippen LogP contribution in [0.2, 0.25) is 0 Å². The van der Waals surface area contributed by atoms with Crippen molar-refractivity contribution in [3.05, 3.63) is 18.3 Å². The zero-order valence-corrected chi connectivity index (χ0v) is 11.0. The van der Waals surface area contributed by atoms with Crippen LogP contribution in [0.3, 0.4) is 0 Å². The number of anilines is 1. The standard InChI is InChI=1S/C13H21N3O2/c1-10(8-11-9-18-7-6-14-11)16-12-4-3-5-15-13(12)17-2/h3-5,10-11,14,16H,6-9H2,1-2H3. The molecule has 0 spiro atoms. The van der Waals surface area contributed by atoms with Crippen molar-refractivity contribution in [3.63, 3.8) is 0 Å². The lowest BCUT2D eigenvalue weighted by molar-refractivity contribution is 0.0731. The highest BCUT2D eigenvalue weighted by atomic mass is 16.5. The predicted molar refractivity (Wildman–Crippen MR) is 71.1 cm³/mol. The van der Waals surface area contributed by atoms with Gasteiger partial charge in [-0.2, -0.15) is 0 Å². The molecule has 0 bridgehead atoms. The van der Waals surface area contributed by atoms with Crippen LogP contribution in [0.1, 0.15) is 13.3 Å². The number of hydrogen-bond donors (Lipinski definition) is 2. The molecule has 2 unspecified atom stereocenters. The van der Waals surface area contributed by atoms with Gasteiger partial charge in [0.05, 0.1) is 26.0 Å². The molecule has 1 saturated heterocycles. The molecule has 1 aromatic heterocycles. The summed E-state index contributed by atoms with van der Waals surface area (Å²) in [6.07, 6.45) is 2.74. The van der Waals surface area contributed by atoms with Crippen LogP contribution in [-0.4, -0.2) is 43.9 Å². The minimum Gasteiger partial charge on any atom is -0.480 e. The van der Waals surface area contributed by atoms with Gasteiger partial charge in [-0.15, -0.1) is 0 Å². The lowest BCUT2D eigenvalue weighted by Crippen LogP contribution is -2.43. The summed E-state index contributed by atoms with van der Waals surface area (Å²) in [5, 5.41) is 6.88. The van der Waals surface area contributed by atoms with Gasteiger partial charge in [0.1, 0.15) is 0 Å². The number of aromatic nitrogens is 1. The predicted octanol–water partition coefficient (Wildman–Crippen LogP) is 1.27. The van der Waals surface area contributed by atoms with Crippen molar-refractivity contribution in [1.82, 2.24) is 10.3 Å². The van der Waals surface area contributed by atoms with Gasteiger partial charge in [0.15, 0.2) is 0 Å². The van der Waals surface area contributed by atoms with Gasteiger partial charge in [-0.25, -0.2) is 4.98 Å². The van der Waals surface area contributed by atoms with E-state index in [9.17, 15) is 0 Å². The first kappa shape index (κ1) is 13.1. The van der Waals surface area contributed by atoms with E-state index in [4.69, 9.17) is 9.47 Å². The van der Waals surface area contributed by atoms with Crippen molar-refractivity contribution in [2.45, 2.75) is 25.4 Å². The Morgan fingerprint density at radius 1 is 1.67 bits per heavy atom. The molecule has 100 valence electrons. The second-order valence-electron chi connectivity index (χ2n) is 4.57. The van der Waals surface area contributed by atoms with Crippen molar-refractivity contribution in [1.29, 1.82) is 0 Å². The monoisotopic (exact) mass is 251 g/mol. The first-order valence-corrected chi connectivity index (χ1v) is 6.36. The largest absolute Gasteiger partial charge is 0.480 e. The second kappa shape index (κ2) is 6.56. The summed E-state index contributed by atoms with van der Waals surface area (Å²) in [6.45, 7) is 4.70. The number of morpholine rings is 1. The molecule has 0 radical (unpaired) electrons. The van der Waals surface area contributed by atoms with Gasteiger partial charge in [-0.1, -0.05) is 0 Å². The van der Waals surface area contributed by atoms with Crippen LogP contribution in [0.25, 0.3) is 0 Å². The van der Waals surface area contributed by atoms with Gasteiger partial charge >= 0.3 is 0 Å². The molecule has 2 rings (SSSR count). The quantitative estimate of drug-likeness (QED) is 0.825. The van der Waals surface area contributed by atoms with Crippen LogP contribution in [-0.2, 0) is 4.74 Å². The van der Waals surface area contributed by atoms with Crippen molar-refractivity contribution < 1.29 is 9.47 Å². The van der Waals surface area contributed by atoms with E-state index >= 15 is 0 Å². The molecule has 1 fully saturated rings. The third-order valence-electron chi connectivity index (χ3n) is 3.00. The fraction of sp³-hybridized carbons (Fsp3) is 0.615. The number of pyridine rings is 1. The van der Waals surface area contributed by atoms with Gasteiger partial charge < -0.3 is 20.1 Å². The van der Waals surface area contributed by atoms with E-state index in [0.29, 0.717) is 18.0 Å². The van der Waals surface area contributed by atoms with E-state index in [1.807, 2.05) is 12.1 Å². The van der Waals surface area contributed by atoms with Crippen molar-refractivity contribution in [2.24, 2.45) is 0 Å². The Labute approximate surface area is 108 Å². The number of rotatable bonds is 5. The van der Waals surface area contributed by atoms with E-state index in [1.54, 1.807) is 13.3 Å². The maximum atomic E-state index is 5.45. The molecule has 1 aliphatic rings. The van der Waals surface area contributed by atoms with Crippen LogP contribution >= 0.6 is 0 Å². The molecule has 5 heteroatoms. The van der Waals surface area contributed by atoms with E-state index in [0.717, 1.165) is 31.9 Å². The molecule has 0 aromatic carbocycles. The Morgan fingerprint density at radius 2 is 2.56 bits per heavy atom. The molecule has 2 atom stereocenters. The van der Waals surface area contributed by atoms with E-state index in [-0.39, 0.29) is 0 Å². The van der Waals surface area contributed by atoms with Crippen LogP contribution in [0.4, 0.5) is 5.69 Å². The SMILES string of the molecule is COc1ncccc1NC(C)CC1COCCN1. The molecule has 2 heterocycles. The van der Waals surface area contributed by atoms with Gasteiger partial charge in [0.2, 0.25) is 5.88 Å². The highest BCUT2D eigenvalue weighted by Crippen LogP contribution is 2.21. The fourth-order valence-corrected chi connectivity index (χ4v) is 2.19. The average Bonchev–Trinajstić information content (AvgIpc) is 2.40. The fourth-order valence-electron chi connectivity index (χ4n) is 2.19. The normalized spacial score (nSPS) is 21.3. The lowest BCUT2D eigenvalue weighted by Gasteiger charge is -2.27. The molecule has 5 nitrogen and oxygen atoms in total. The lowest BCUT2D eigenvalue weighted by atomic mass is 10.1. The van der Waals surface area contributed by atoms with Gasteiger partial charge in [0.25, 0.3) is 0 Å². The summed E-state index contributed by atoms with van der Waals surface area (Å²) < 4.78 is 10.7. The number of nitrogens with one attached hydrogen (secondary N) is 2. The Balaban J connectivity index is 1.87. The minimum atomic E-state index is 0.335. The average molecular weight is 251 g/mol. The molecular formula is C13H21N3O2. The zero-order chi connectivity index (χ0) is 12.8. The summed E-state index contributed by atoms with van der Waals surface area (Å²) in [7, 11) is 1.63. The Morgan fingerprint density at radius 3 is 3.28 bits per heavy atom. The van der Waals surface area contributed by atoms with Crippen LogP contribution in [0.15, 0.2) is 18.3 Å². The summed E-state index contributed by atoms with van der Waals surface area (Å²) in [5.41, 5.74) is 0.934. The first-order chi connectivity index (χ1) is 8.79. The smallest absolute Gasteiger partial charge is 0.237 e. The summed E-state index contributed by atoms with van der Waals surface area (Å²) in [6, 6.07) is 4.64. The Hall–Kier alpha value is -1.33. The molecule has 18 heavy (non-hydrogen) atoms. The third-order valence-corrected chi connectivity index (χ3v) is 3.00. The second-order valence-corrected chi connectivity index (χ2v) is 4.57. The highest BCUT2D eigenvalue weighted by Gasteiger charge is 2.17. The number of hydrogen-bond acceptors (Lipinski definition) is 5. The maximum absolute atomic E-state index is 5.45. The molecular weight excluding hydrogens is 230 g/mol. The van der Waals surface area contributed by atoms with Crippen LogP contribution in [0.5, 0.6) is 5.88 Å². The zero-order valence-electron chi connectivity index (χ0n) is 11.0. The summed E-state index contributed by atoms with van der Waals surface area (Å²) in [5.74, 6) is 0.636. The molecule has 2 N–H and O–H groups in total. The van der Waals surface area contributed by atoms with Crippen LogP contribution < -0.4 is 15.4 Å². The third kappa shape index (κ3) is 3.58. The van der Waals surface area contributed by atoms with Gasteiger partial charge in [0, 0.05) is 24.8 Å². The van der Waals surface area contributed by atoms with E-state index in [2.05, 4.69) is 22.5 Å². The molecule has 1 aromatic rings. The molecule has 0 amide bonds. The first-order valence-electron chi connectivity index (χ1n) is 6.36.